The molecule has 0 bridgehead atoms. The molecule has 2 N–H and O–H groups in total. The van der Waals surface area contributed by atoms with Crippen molar-refractivity contribution in [3.8, 4) is 0 Å². The van der Waals surface area contributed by atoms with Gasteiger partial charge in [0.15, 0.2) is 9.84 Å². The van der Waals surface area contributed by atoms with E-state index >= 15 is 0 Å². The molecule has 8 heteroatoms. The number of nitrogens with two attached hydrogens (primary N) is 1. The van der Waals surface area contributed by atoms with E-state index in [-0.39, 0.29) is 23.7 Å². The molecule has 1 aliphatic heterocycles. The number of aryl methyl sites for hydroxylation is 1. The van der Waals surface area contributed by atoms with Gasteiger partial charge in [0.25, 0.3) is 5.69 Å². The average molecular weight is 313 g/mol. The van der Waals surface area contributed by atoms with Crippen LogP contribution in [0, 0.1) is 29.4 Å². The predicted molar refractivity (Wildman–Crippen MR) is 78.8 cm³/mol. The van der Waals surface area contributed by atoms with Crippen LogP contribution in [0.5, 0.6) is 0 Å². The van der Waals surface area contributed by atoms with Crippen molar-refractivity contribution in [3.05, 3.63) is 33.1 Å². The Kier molecular flexibility index (Phi) is 4.03. The van der Waals surface area contributed by atoms with Gasteiger partial charge in [0.05, 0.1) is 22.1 Å². The largest absolute Gasteiger partial charge is 0.330 e. The van der Waals surface area contributed by atoms with Gasteiger partial charge >= 0.3 is 0 Å². The van der Waals surface area contributed by atoms with Gasteiger partial charge in [-0.15, -0.1) is 0 Å². The normalized spacial score (nSPS) is 24.1. The molecule has 1 fully saturated rings. The summed E-state index contributed by atoms with van der Waals surface area (Å²) in [4.78, 5) is 15.0. The van der Waals surface area contributed by atoms with E-state index in [1.165, 1.54) is 6.20 Å². The number of hydrogen-bond donors (Lipinski definition) is 1. The van der Waals surface area contributed by atoms with Crippen LogP contribution in [0.3, 0.4) is 0 Å². The van der Waals surface area contributed by atoms with Crippen molar-refractivity contribution in [1.29, 1.82) is 0 Å². The van der Waals surface area contributed by atoms with Crippen molar-refractivity contribution >= 4 is 15.5 Å². The molecule has 2 rings (SSSR count). The fraction of sp³-hybridized carbons (Fsp3) is 0.615. The zero-order valence-corrected chi connectivity index (χ0v) is 12.9. The van der Waals surface area contributed by atoms with Crippen molar-refractivity contribution in [1.82, 2.24) is 4.98 Å². The second-order valence-corrected chi connectivity index (χ2v) is 8.03. The molecule has 0 radical (unpaired) electrons. The fourth-order valence-electron chi connectivity index (χ4n) is 2.93. The van der Waals surface area contributed by atoms with Gasteiger partial charge in [-0.25, -0.2) is 8.42 Å². The fourth-order valence-corrected chi connectivity index (χ4v) is 5.12. The van der Waals surface area contributed by atoms with Gasteiger partial charge in [0.2, 0.25) is 0 Å². The van der Waals surface area contributed by atoms with E-state index in [0.717, 1.165) is 0 Å². The first-order valence-electron chi connectivity index (χ1n) is 6.70. The Morgan fingerprint density at radius 2 is 2.14 bits per heavy atom. The summed E-state index contributed by atoms with van der Waals surface area (Å²) in [6, 6.07) is 0. The van der Waals surface area contributed by atoms with Crippen LogP contribution in [0.25, 0.3) is 0 Å². The van der Waals surface area contributed by atoms with Gasteiger partial charge in [-0.05, 0) is 33.2 Å². The molecule has 0 spiro atoms. The number of hydrogen-bond acceptors (Lipinski definition) is 6. The highest BCUT2D eigenvalue weighted by Gasteiger charge is 2.42. The molecule has 1 saturated heterocycles. The predicted octanol–water partition coefficient (Wildman–Crippen LogP) is 0.913. The number of aromatic nitrogens is 1. The van der Waals surface area contributed by atoms with E-state index in [1.54, 1.807) is 13.8 Å². The molecule has 2 heterocycles. The van der Waals surface area contributed by atoms with Crippen LogP contribution < -0.4 is 5.73 Å². The van der Waals surface area contributed by atoms with E-state index in [2.05, 4.69) is 4.98 Å². The summed E-state index contributed by atoms with van der Waals surface area (Å²) in [5.74, 6) is 0.149. The Balaban J connectivity index is 2.40. The monoisotopic (exact) mass is 313 g/mol. The standard InChI is InChI=1S/C13H19N3O4S/c1-9-6-15-11(10(2)12(9)16(17)18)5-13(7-14)3-4-21(19,20)8-13/h6H,3-5,7-8,14H2,1-2H3. The van der Waals surface area contributed by atoms with Gasteiger partial charge in [-0.1, -0.05) is 0 Å². The van der Waals surface area contributed by atoms with Gasteiger partial charge in [-0.2, -0.15) is 0 Å². The van der Waals surface area contributed by atoms with Gasteiger partial charge in [0.1, 0.15) is 0 Å². The molecule has 0 aromatic carbocycles. The third-order valence-electron chi connectivity index (χ3n) is 4.20. The molecule has 116 valence electrons. The van der Waals surface area contributed by atoms with Crippen LogP contribution >= 0.6 is 0 Å². The minimum atomic E-state index is -3.08. The molecule has 1 unspecified atom stereocenters. The van der Waals surface area contributed by atoms with Gasteiger partial charge in [0, 0.05) is 22.7 Å². The van der Waals surface area contributed by atoms with Crippen LogP contribution in [0.4, 0.5) is 5.69 Å². The average Bonchev–Trinajstić information content (AvgIpc) is 2.69. The summed E-state index contributed by atoms with van der Waals surface area (Å²) in [5.41, 5.74) is 6.85. The second kappa shape index (κ2) is 5.34. The van der Waals surface area contributed by atoms with Crippen molar-refractivity contribution in [3.63, 3.8) is 0 Å². The molecular weight excluding hydrogens is 294 g/mol. The SMILES string of the molecule is Cc1cnc(CC2(CN)CCS(=O)(=O)C2)c(C)c1[N+](=O)[O-]. The molecule has 0 aliphatic carbocycles. The zero-order valence-electron chi connectivity index (χ0n) is 12.1. The number of nitro groups is 1. The summed E-state index contributed by atoms with van der Waals surface area (Å²) in [6.07, 6.45) is 2.30. The van der Waals surface area contributed by atoms with Crippen LogP contribution in [-0.2, 0) is 16.3 Å². The summed E-state index contributed by atoms with van der Waals surface area (Å²) >= 11 is 0. The molecular formula is C13H19N3O4S. The smallest absolute Gasteiger partial charge is 0.278 e. The molecule has 21 heavy (non-hydrogen) atoms. The summed E-state index contributed by atoms with van der Waals surface area (Å²) in [6.45, 7) is 3.52. The van der Waals surface area contributed by atoms with E-state index in [9.17, 15) is 18.5 Å². The summed E-state index contributed by atoms with van der Waals surface area (Å²) in [5, 5.41) is 11.1. The highest BCUT2D eigenvalue weighted by Crippen LogP contribution is 2.36. The summed E-state index contributed by atoms with van der Waals surface area (Å²) < 4.78 is 23.5. The van der Waals surface area contributed by atoms with Crippen LogP contribution in [0.1, 0.15) is 23.2 Å². The molecule has 1 aromatic rings. The first-order chi connectivity index (χ1) is 9.70. The van der Waals surface area contributed by atoms with Gasteiger partial charge in [-0.3, -0.25) is 15.1 Å². The van der Waals surface area contributed by atoms with E-state index < -0.39 is 20.2 Å². The maximum Gasteiger partial charge on any atom is 0.278 e. The molecule has 1 aromatic heterocycles. The second-order valence-electron chi connectivity index (χ2n) is 5.84. The Bertz CT molecular complexity index is 687. The molecule has 0 saturated carbocycles. The lowest BCUT2D eigenvalue weighted by Gasteiger charge is -2.26. The minimum absolute atomic E-state index is 0.0271. The topological polar surface area (TPSA) is 116 Å². The minimum Gasteiger partial charge on any atom is -0.330 e. The molecule has 7 nitrogen and oxygen atoms in total. The summed E-state index contributed by atoms with van der Waals surface area (Å²) in [7, 11) is -3.08. The van der Waals surface area contributed by atoms with Gasteiger partial charge < -0.3 is 5.73 Å². The lowest BCUT2D eigenvalue weighted by molar-refractivity contribution is -0.386. The highest BCUT2D eigenvalue weighted by atomic mass is 32.2. The van der Waals surface area contributed by atoms with Crippen LogP contribution in [-0.4, -0.2) is 36.4 Å². The van der Waals surface area contributed by atoms with E-state index in [1.807, 2.05) is 0 Å². The Morgan fingerprint density at radius 3 is 2.62 bits per heavy atom. The Labute approximate surface area is 123 Å². The third kappa shape index (κ3) is 3.06. The molecule has 0 amide bonds. The van der Waals surface area contributed by atoms with E-state index in [4.69, 9.17) is 5.73 Å². The molecule has 1 aliphatic rings. The van der Waals surface area contributed by atoms with Crippen LogP contribution in [0.15, 0.2) is 6.20 Å². The number of sulfone groups is 1. The lowest BCUT2D eigenvalue weighted by Crippen LogP contribution is -2.34. The maximum absolute atomic E-state index is 11.7. The maximum atomic E-state index is 11.7. The lowest BCUT2D eigenvalue weighted by atomic mass is 9.81. The van der Waals surface area contributed by atoms with Crippen molar-refractivity contribution in [2.24, 2.45) is 11.1 Å². The Hall–Kier alpha value is -1.54. The zero-order chi connectivity index (χ0) is 15.8. The quantitative estimate of drug-likeness (QED) is 0.652. The Morgan fingerprint density at radius 1 is 1.48 bits per heavy atom. The number of nitrogens with zero attached hydrogens (tertiary/aromatic N) is 2. The van der Waals surface area contributed by atoms with Crippen molar-refractivity contribution in [2.45, 2.75) is 26.7 Å². The number of rotatable bonds is 4. The number of pyridine rings is 1. The van der Waals surface area contributed by atoms with Crippen LogP contribution in [0.2, 0.25) is 0 Å². The van der Waals surface area contributed by atoms with Crippen molar-refractivity contribution < 1.29 is 13.3 Å². The van der Waals surface area contributed by atoms with Crippen molar-refractivity contribution in [2.75, 3.05) is 18.1 Å². The third-order valence-corrected chi connectivity index (χ3v) is 6.08. The first-order valence-corrected chi connectivity index (χ1v) is 8.52. The van der Waals surface area contributed by atoms with E-state index in [0.29, 0.717) is 29.7 Å². The first kappa shape index (κ1) is 15.8. The highest BCUT2D eigenvalue weighted by molar-refractivity contribution is 7.91. The molecule has 1 atom stereocenters.